The maximum absolute atomic E-state index is 5.41. The molecule has 6 nitrogen and oxygen atoms in total. The van der Waals surface area contributed by atoms with Crippen LogP contribution in [0.2, 0.25) is 0 Å². The zero-order chi connectivity index (χ0) is 19.1. The Balaban J connectivity index is 1.76. The predicted molar refractivity (Wildman–Crippen MR) is 107 cm³/mol. The van der Waals surface area contributed by atoms with Gasteiger partial charge in [-0.25, -0.2) is 9.97 Å². The molecule has 6 heteroatoms. The molecule has 3 aromatic rings. The third-order valence-electron chi connectivity index (χ3n) is 3.90. The monoisotopic (exact) mass is 363 g/mol. The highest BCUT2D eigenvalue weighted by Crippen LogP contribution is 2.26. The lowest BCUT2D eigenvalue weighted by Gasteiger charge is -2.08. The van der Waals surface area contributed by atoms with Crippen LogP contribution in [-0.4, -0.2) is 31.3 Å². The van der Waals surface area contributed by atoms with E-state index >= 15 is 0 Å². The number of nitrogens with one attached hydrogen (secondary N) is 1. The molecular weight excluding hydrogens is 342 g/mol. The minimum Gasteiger partial charge on any atom is -0.497 e. The summed E-state index contributed by atoms with van der Waals surface area (Å²) in [6.07, 6.45) is 5.56. The van der Waals surface area contributed by atoms with Crippen LogP contribution in [0.4, 0.5) is 11.6 Å². The molecule has 0 saturated carbocycles. The van der Waals surface area contributed by atoms with Crippen LogP contribution in [0.5, 0.6) is 17.2 Å². The van der Waals surface area contributed by atoms with Gasteiger partial charge in [-0.15, -0.1) is 0 Å². The highest BCUT2D eigenvalue weighted by atomic mass is 16.5. The number of anilines is 2. The van der Waals surface area contributed by atoms with Crippen molar-refractivity contribution in [3.8, 4) is 17.2 Å². The topological polar surface area (TPSA) is 65.5 Å². The summed E-state index contributed by atoms with van der Waals surface area (Å²) in [6, 6.07) is 15.1. The van der Waals surface area contributed by atoms with Crippen LogP contribution in [0.3, 0.4) is 0 Å². The number of hydrogen-bond donors (Lipinski definition) is 1. The first-order valence-corrected chi connectivity index (χ1v) is 8.36. The van der Waals surface area contributed by atoms with E-state index in [1.54, 1.807) is 27.5 Å². The van der Waals surface area contributed by atoms with Crippen molar-refractivity contribution in [2.75, 3.05) is 26.6 Å². The molecule has 0 bridgehead atoms. The molecule has 0 aliphatic heterocycles. The largest absolute Gasteiger partial charge is 0.497 e. The van der Waals surface area contributed by atoms with Crippen molar-refractivity contribution in [1.82, 2.24) is 9.97 Å². The van der Waals surface area contributed by atoms with Crippen molar-refractivity contribution >= 4 is 23.8 Å². The van der Waals surface area contributed by atoms with Gasteiger partial charge in [-0.1, -0.05) is 0 Å². The van der Waals surface area contributed by atoms with Crippen molar-refractivity contribution in [3.63, 3.8) is 0 Å². The molecule has 0 fully saturated rings. The lowest BCUT2D eigenvalue weighted by Crippen LogP contribution is -1.97. The maximum Gasteiger partial charge on any atom is 0.227 e. The van der Waals surface area contributed by atoms with Crippen molar-refractivity contribution in [2.45, 2.75) is 0 Å². The van der Waals surface area contributed by atoms with E-state index in [2.05, 4.69) is 15.3 Å². The molecule has 0 radical (unpaired) electrons. The lowest BCUT2D eigenvalue weighted by molar-refractivity contribution is 0.394. The van der Waals surface area contributed by atoms with Gasteiger partial charge in [0.2, 0.25) is 5.95 Å². The Morgan fingerprint density at radius 1 is 0.815 bits per heavy atom. The molecule has 0 spiro atoms. The van der Waals surface area contributed by atoms with Gasteiger partial charge in [-0.3, -0.25) is 0 Å². The van der Waals surface area contributed by atoms with Gasteiger partial charge in [-0.05, 0) is 54.6 Å². The molecule has 0 atom stereocenters. The third-order valence-corrected chi connectivity index (χ3v) is 3.90. The maximum atomic E-state index is 5.41. The van der Waals surface area contributed by atoms with Gasteiger partial charge in [0.15, 0.2) is 0 Å². The summed E-state index contributed by atoms with van der Waals surface area (Å²) in [7, 11) is 4.90. The Labute approximate surface area is 158 Å². The second kappa shape index (κ2) is 8.71. The molecule has 0 saturated heterocycles. The number of nitrogens with zero attached hydrogens (tertiary/aromatic N) is 2. The molecule has 0 amide bonds. The standard InChI is InChI=1S/C21H21N3O3/c1-25-18-10-7-16(8-11-18)23-21-22-13-12-17(24-21)6-4-15-5-9-19(26-2)14-20(15)27-3/h4-14H,1-3H3,(H,22,23,24)/b6-4+. The third kappa shape index (κ3) is 4.76. The van der Waals surface area contributed by atoms with E-state index in [1.165, 1.54) is 0 Å². The van der Waals surface area contributed by atoms with Crippen LogP contribution in [0, 0.1) is 0 Å². The van der Waals surface area contributed by atoms with Crippen LogP contribution >= 0.6 is 0 Å². The van der Waals surface area contributed by atoms with E-state index in [4.69, 9.17) is 14.2 Å². The number of methoxy groups -OCH3 is 3. The smallest absolute Gasteiger partial charge is 0.227 e. The quantitative estimate of drug-likeness (QED) is 0.670. The van der Waals surface area contributed by atoms with Crippen molar-refractivity contribution in [1.29, 1.82) is 0 Å². The van der Waals surface area contributed by atoms with Gasteiger partial charge in [0.25, 0.3) is 0 Å². The molecule has 0 unspecified atom stereocenters. The van der Waals surface area contributed by atoms with E-state index in [-0.39, 0.29) is 0 Å². The Bertz CT molecular complexity index is 924. The summed E-state index contributed by atoms with van der Waals surface area (Å²) in [6.45, 7) is 0. The molecule has 138 valence electrons. The Morgan fingerprint density at radius 2 is 1.56 bits per heavy atom. The first-order valence-electron chi connectivity index (χ1n) is 8.36. The predicted octanol–water partition coefficient (Wildman–Crippen LogP) is 4.42. The van der Waals surface area contributed by atoms with Gasteiger partial charge in [0, 0.05) is 23.5 Å². The fraction of sp³-hybridized carbons (Fsp3) is 0.143. The van der Waals surface area contributed by atoms with E-state index in [9.17, 15) is 0 Å². The zero-order valence-electron chi connectivity index (χ0n) is 15.5. The molecule has 2 aromatic carbocycles. The Kier molecular flexibility index (Phi) is 5.89. The average molecular weight is 363 g/mol. The number of rotatable bonds is 7. The highest BCUT2D eigenvalue weighted by molar-refractivity contribution is 5.72. The summed E-state index contributed by atoms with van der Waals surface area (Å²) in [5.74, 6) is 2.80. The first kappa shape index (κ1) is 18.3. The second-order valence-corrected chi connectivity index (χ2v) is 5.60. The van der Waals surface area contributed by atoms with Crippen LogP contribution < -0.4 is 19.5 Å². The SMILES string of the molecule is COc1ccc(Nc2nccc(/C=C/c3ccc(OC)cc3OC)n2)cc1. The molecule has 1 aromatic heterocycles. The van der Waals surface area contributed by atoms with Crippen LogP contribution in [0.1, 0.15) is 11.3 Å². The minimum atomic E-state index is 0.518. The van der Waals surface area contributed by atoms with E-state index in [0.717, 1.165) is 34.2 Å². The molecule has 1 heterocycles. The Morgan fingerprint density at radius 3 is 2.26 bits per heavy atom. The number of ether oxygens (including phenoxy) is 3. The van der Waals surface area contributed by atoms with Crippen molar-refractivity contribution in [3.05, 3.63) is 66.0 Å². The summed E-state index contributed by atoms with van der Waals surface area (Å²) in [4.78, 5) is 8.77. The van der Waals surface area contributed by atoms with Crippen molar-refractivity contribution < 1.29 is 14.2 Å². The summed E-state index contributed by atoms with van der Waals surface area (Å²) >= 11 is 0. The molecular formula is C21H21N3O3. The average Bonchev–Trinajstić information content (AvgIpc) is 2.73. The summed E-state index contributed by atoms with van der Waals surface area (Å²) in [5, 5.41) is 3.18. The van der Waals surface area contributed by atoms with E-state index in [0.29, 0.717) is 5.95 Å². The summed E-state index contributed by atoms with van der Waals surface area (Å²) < 4.78 is 15.8. The van der Waals surface area contributed by atoms with E-state index < -0.39 is 0 Å². The van der Waals surface area contributed by atoms with E-state index in [1.807, 2.05) is 60.7 Å². The summed E-state index contributed by atoms with van der Waals surface area (Å²) in [5.41, 5.74) is 2.59. The first-order chi connectivity index (χ1) is 13.2. The number of aromatic nitrogens is 2. The highest BCUT2D eigenvalue weighted by Gasteiger charge is 2.03. The minimum absolute atomic E-state index is 0.518. The van der Waals surface area contributed by atoms with Crippen LogP contribution in [0.25, 0.3) is 12.2 Å². The number of benzene rings is 2. The van der Waals surface area contributed by atoms with Gasteiger partial charge in [0.05, 0.1) is 27.0 Å². The fourth-order valence-electron chi connectivity index (χ4n) is 2.46. The molecule has 27 heavy (non-hydrogen) atoms. The molecule has 3 rings (SSSR count). The Hall–Kier alpha value is -3.54. The molecule has 1 N–H and O–H groups in total. The van der Waals surface area contributed by atoms with Crippen molar-refractivity contribution in [2.24, 2.45) is 0 Å². The lowest BCUT2D eigenvalue weighted by atomic mass is 10.1. The fourth-order valence-corrected chi connectivity index (χ4v) is 2.46. The molecule has 0 aliphatic carbocycles. The molecule has 0 aliphatic rings. The van der Waals surface area contributed by atoms with Gasteiger partial charge in [0.1, 0.15) is 17.2 Å². The zero-order valence-corrected chi connectivity index (χ0v) is 15.5. The van der Waals surface area contributed by atoms with Crippen LogP contribution in [0.15, 0.2) is 54.7 Å². The number of hydrogen-bond acceptors (Lipinski definition) is 6. The second-order valence-electron chi connectivity index (χ2n) is 5.60. The van der Waals surface area contributed by atoms with Gasteiger partial charge < -0.3 is 19.5 Å². The normalized spacial score (nSPS) is 10.6. The van der Waals surface area contributed by atoms with Gasteiger partial charge >= 0.3 is 0 Å². The van der Waals surface area contributed by atoms with Gasteiger partial charge in [-0.2, -0.15) is 0 Å². The van der Waals surface area contributed by atoms with Crippen LogP contribution in [-0.2, 0) is 0 Å².